The number of halogens is 3. The molecule has 0 unspecified atom stereocenters. The van der Waals surface area contributed by atoms with Crippen LogP contribution in [0.1, 0.15) is 5.56 Å². The van der Waals surface area contributed by atoms with Crippen LogP contribution < -0.4 is 5.73 Å². The molecule has 1 aromatic carbocycles. The van der Waals surface area contributed by atoms with Gasteiger partial charge < -0.3 is 10.8 Å². The van der Waals surface area contributed by atoms with Gasteiger partial charge in [-0.25, -0.2) is 0 Å². The summed E-state index contributed by atoms with van der Waals surface area (Å²) in [6.45, 7) is 0. The summed E-state index contributed by atoms with van der Waals surface area (Å²) in [4.78, 5) is 0. The Kier molecular flexibility index (Phi) is 2.36. The highest BCUT2D eigenvalue weighted by molar-refractivity contribution is 5.50. The van der Waals surface area contributed by atoms with Crippen LogP contribution in [-0.2, 0) is 6.42 Å². The molecule has 0 aliphatic heterocycles. The van der Waals surface area contributed by atoms with Gasteiger partial charge in [-0.15, -0.1) is 0 Å². The Hall–Kier alpha value is -1.39. The molecule has 3 N–H and O–H groups in total. The number of hydrogen-bond acceptors (Lipinski definition) is 2. The zero-order valence-electron chi connectivity index (χ0n) is 6.60. The van der Waals surface area contributed by atoms with E-state index < -0.39 is 12.6 Å². The van der Waals surface area contributed by atoms with Gasteiger partial charge in [-0.1, -0.05) is 0 Å². The standard InChI is InChI=1S/C8H8F3NO/c9-8(10,11)4-5-3-6(13)1-2-7(5)12/h1-3,13H,4,12H2. The summed E-state index contributed by atoms with van der Waals surface area (Å²) in [6, 6.07) is 3.51. The molecule has 1 rings (SSSR count). The van der Waals surface area contributed by atoms with Crippen molar-refractivity contribution in [2.75, 3.05) is 5.73 Å². The molecule has 0 spiro atoms. The first-order valence-electron chi connectivity index (χ1n) is 3.52. The summed E-state index contributed by atoms with van der Waals surface area (Å²) in [5.41, 5.74) is 5.22. The van der Waals surface area contributed by atoms with E-state index in [-0.39, 0.29) is 17.0 Å². The second-order valence-electron chi connectivity index (χ2n) is 2.68. The topological polar surface area (TPSA) is 46.2 Å². The van der Waals surface area contributed by atoms with E-state index in [1.54, 1.807) is 0 Å². The van der Waals surface area contributed by atoms with E-state index in [0.717, 1.165) is 6.07 Å². The summed E-state index contributed by atoms with van der Waals surface area (Å²) in [6.07, 6.45) is -5.42. The number of phenols is 1. The van der Waals surface area contributed by atoms with Gasteiger partial charge in [0.25, 0.3) is 0 Å². The van der Waals surface area contributed by atoms with Crippen LogP contribution in [0.15, 0.2) is 18.2 Å². The number of anilines is 1. The summed E-state index contributed by atoms with van der Waals surface area (Å²) < 4.78 is 35.7. The SMILES string of the molecule is Nc1ccc(O)cc1CC(F)(F)F. The first-order valence-corrected chi connectivity index (χ1v) is 3.52. The van der Waals surface area contributed by atoms with E-state index in [4.69, 9.17) is 10.8 Å². The monoisotopic (exact) mass is 191 g/mol. The smallest absolute Gasteiger partial charge is 0.393 e. The minimum absolute atomic E-state index is 0.0372. The fourth-order valence-electron chi connectivity index (χ4n) is 0.961. The first-order chi connectivity index (χ1) is 5.88. The Morgan fingerprint density at radius 3 is 2.46 bits per heavy atom. The van der Waals surface area contributed by atoms with Crippen molar-refractivity contribution in [3.63, 3.8) is 0 Å². The van der Waals surface area contributed by atoms with E-state index in [0.29, 0.717) is 0 Å². The van der Waals surface area contributed by atoms with E-state index in [2.05, 4.69) is 0 Å². The van der Waals surface area contributed by atoms with Crippen LogP contribution in [0, 0.1) is 0 Å². The van der Waals surface area contributed by atoms with Crippen molar-refractivity contribution in [1.29, 1.82) is 0 Å². The van der Waals surface area contributed by atoms with Crippen molar-refractivity contribution < 1.29 is 18.3 Å². The number of phenolic OH excluding ortho intramolecular Hbond substituents is 1. The molecule has 0 aromatic heterocycles. The Morgan fingerprint density at radius 2 is 1.92 bits per heavy atom. The van der Waals surface area contributed by atoms with Crippen LogP contribution in [0.2, 0.25) is 0 Å². The zero-order chi connectivity index (χ0) is 10.1. The summed E-state index contributed by atoms with van der Waals surface area (Å²) >= 11 is 0. The number of aromatic hydroxyl groups is 1. The number of nitrogens with two attached hydrogens (primary N) is 1. The molecule has 5 heteroatoms. The van der Waals surface area contributed by atoms with E-state index in [1.807, 2.05) is 0 Å². The number of nitrogen functional groups attached to an aromatic ring is 1. The lowest BCUT2D eigenvalue weighted by molar-refractivity contribution is -0.127. The molecule has 13 heavy (non-hydrogen) atoms. The molecule has 72 valence electrons. The number of hydrogen-bond donors (Lipinski definition) is 2. The van der Waals surface area contributed by atoms with Crippen LogP contribution in [0.4, 0.5) is 18.9 Å². The molecular weight excluding hydrogens is 183 g/mol. The van der Waals surface area contributed by atoms with Gasteiger partial charge in [-0.2, -0.15) is 13.2 Å². The molecule has 0 amide bonds. The van der Waals surface area contributed by atoms with Crippen LogP contribution in [-0.4, -0.2) is 11.3 Å². The van der Waals surface area contributed by atoms with Crippen molar-refractivity contribution in [1.82, 2.24) is 0 Å². The maximum absolute atomic E-state index is 11.9. The number of alkyl halides is 3. The van der Waals surface area contributed by atoms with Crippen LogP contribution in [0.5, 0.6) is 5.75 Å². The highest BCUT2D eigenvalue weighted by Gasteiger charge is 2.28. The molecule has 0 fully saturated rings. The lowest BCUT2D eigenvalue weighted by Gasteiger charge is -2.08. The lowest BCUT2D eigenvalue weighted by Crippen LogP contribution is -2.12. The molecule has 0 radical (unpaired) electrons. The largest absolute Gasteiger partial charge is 0.508 e. The minimum atomic E-state index is -4.30. The van der Waals surface area contributed by atoms with E-state index >= 15 is 0 Å². The summed E-state index contributed by atoms with van der Waals surface area (Å²) in [7, 11) is 0. The van der Waals surface area contributed by atoms with Crippen molar-refractivity contribution in [3.8, 4) is 5.75 Å². The van der Waals surface area contributed by atoms with E-state index in [1.165, 1.54) is 12.1 Å². The average Bonchev–Trinajstić information content (AvgIpc) is 1.94. The minimum Gasteiger partial charge on any atom is -0.508 e. The van der Waals surface area contributed by atoms with Crippen LogP contribution >= 0.6 is 0 Å². The number of rotatable bonds is 1. The Balaban J connectivity index is 2.94. The van der Waals surface area contributed by atoms with Gasteiger partial charge in [0.05, 0.1) is 6.42 Å². The quantitative estimate of drug-likeness (QED) is 0.527. The molecular formula is C8H8F3NO. The predicted molar refractivity (Wildman–Crippen MR) is 42.3 cm³/mol. The molecule has 0 saturated carbocycles. The predicted octanol–water partition coefficient (Wildman–Crippen LogP) is 2.08. The second kappa shape index (κ2) is 3.16. The molecule has 0 aliphatic rings. The van der Waals surface area contributed by atoms with Crippen molar-refractivity contribution >= 4 is 5.69 Å². The fraction of sp³-hybridized carbons (Fsp3) is 0.250. The maximum Gasteiger partial charge on any atom is 0.393 e. The summed E-state index contributed by atoms with van der Waals surface area (Å²) in [5, 5.41) is 8.91. The highest BCUT2D eigenvalue weighted by Crippen LogP contribution is 2.26. The van der Waals surface area contributed by atoms with Crippen molar-refractivity contribution in [2.45, 2.75) is 12.6 Å². The third-order valence-corrected chi connectivity index (χ3v) is 1.52. The molecule has 0 aliphatic carbocycles. The lowest BCUT2D eigenvalue weighted by atomic mass is 10.1. The molecule has 0 saturated heterocycles. The van der Waals surface area contributed by atoms with Gasteiger partial charge in [0, 0.05) is 5.69 Å². The van der Waals surface area contributed by atoms with Gasteiger partial charge in [-0.3, -0.25) is 0 Å². The highest BCUT2D eigenvalue weighted by atomic mass is 19.4. The van der Waals surface area contributed by atoms with Crippen LogP contribution in [0.3, 0.4) is 0 Å². The third kappa shape index (κ3) is 2.85. The van der Waals surface area contributed by atoms with Crippen molar-refractivity contribution in [2.24, 2.45) is 0 Å². The molecule has 0 bridgehead atoms. The van der Waals surface area contributed by atoms with Gasteiger partial charge >= 0.3 is 6.18 Å². The third-order valence-electron chi connectivity index (χ3n) is 1.52. The molecule has 2 nitrogen and oxygen atoms in total. The van der Waals surface area contributed by atoms with Gasteiger partial charge in [0.2, 0.25) is 0 Å². The Labute approximate surface area is 72.8 Å². The first kappa shape index (κ1) is 9.70. The van der Waals surface area contributed by atoms with Crippen LogP contribution in [0.25, 0.3) is 0 Å². The van der Waals surface area contributed by atoms with E-state index in [9.17, 15) is 13.2 Å². The second-order valence-corrected chi connectivity index (χ2v) is 2.68. The Morgan fingerprint density at radius 1 is 1.31 bits per heavy atom. The maximum atomic E-state index is 11.9. The fourth-order valence-corrected chi connectivity index (χ4v) is 0.961. The van der Waals surface area contributed by atoms with Gasteiger partial charge in [0.15, 0.2) is 0 Å². The summed E-state index contributed by atoms with van der Waals surface area (Å²) in [5.74, 6) is -0.214. The molecule has 0 atom stereocenters. The van der Waals surface area contributed by atoms with Gasteiger partial charge in [0.1, 0.15) is 5.75 Å². The Bertz CT molecular complexity index is 309. The normalized spacial score (nSPS) is 11.6. The number of benzene rings is 1. The molecule has 0 heterocycles. The van der Waals surface area contributed by atoms with Crippen molar-refractivity contribution in [3.05, 3.63) is 23.8 Å². The zero-order valence-corrected chi connectivity index (χ0v) is 6.60. The van der Waals surface area contributed by atoms with Gasteiger partial charge in [-0.05, 0) is 23.8 Å². The molecule has 1 aromatic rings. The average molecular weight is 191 g/mol.